The Morgan fingerprint density at radius 1 is 1.32 bits per heavy atom. The van der Waals surface area contributed by atoms with Crippen LogP contribution in [0.15, 0.2) is 43.0 Å². The summed E-state index contributed by atoms with van der Waals surface area (Å²) in [4.78, 5) is 14.2. The Morgan fingerprint density at radius 2 is 2.00 bits per heavy atom. The lowest BCUT2D eigenvalue weighted by Crippen LogP contribution is -2.39. The van der Waals surface area contributed by atoms with Gasteiger partial charge in [-0.1, -0.05) is 24.3 Å². The number of carbonyl (C=O) groups excluding carboxylic acids is 1. The van der Waals surface area contributed by atoms with Crippen molar-refractivity contribution >= 4 is 5.91 Å². The quantitative estimate of drug-likeness (QED) is 0.601. The molecule has 1 saturated heterocycles. The molecule has 0 unspecified atom stereocenters. The van der Waals surface area contributed by atoms with Crippen LogP contribution in [-0.4, -0.2) is 37.1 Å². The Kier molecular flexibility index (Phi) is 5.16. The van der Waals surface area contributed by atoms with E-state index in [0.717, 1.165) is 38.1 Å². The maximum Gasteiger partial charge on any atom is 0.253 e. The van der Waals surface area contributed by atoms with Crippen molar-refractivity contribution in [3.8, 4) is 0 Å². The minimum Gasteiger partial charge on any atom is -0.377 e. The maximum atomic E-state index is 12.2. The van der Waals surface area contributed by atoms with E-state index in [1.165, 1.54) is 0 Å². The fourth-order valence-corrected chi connectivity index (χ4v) is 2.38. The number of piperidine rings is 1. The van der Waals surface area contributed by atoms with Crippen LogP contribution in [-0.2, 0) is 4.74 Å². The molecule has 0 bridgehead atoms. The van der Waals surface area contributed by atoms with E-state index in [1.807, 2.05) is 35.2 Å². The molecule has 19 heavy (non-hydrogen) atoms. The predicted octanol–water partition coefficient (Wildman–Crippen LogP) is 2.74. The average molecular weight is 259 g/mol. The number of hydrogen-bond donors (Lipinski definition) is 0. The molecule has 1 aromatic rings. The van der Waals surface area contributed by atoms with Crippen molar-refractivity contribution < 1.29 is 9.53 Å². The molecule has 0 radical (unpaired) electrons. The van der Waals surface area contributed by atoms with Crippen LogP contribution < -0.4 is 0 Å². The zero-order valence-corrected chi connectivity index (χ0v) is 11.3. The smallest absolute Gasteiger partial charge is 0.253 e. The number of likely N-dealkylation sites (tertiary alicyclic amines) is 1. The SMILES string of the molecule is C=CCOCC1CCN(C(=O)c2ccccc2)CC1. The van der Waals surface area contributed by atoms with Crippen LogP contribution in [0.5, 0.6) is 0 Å². The summed E-state index contributed by atoms with van der Waals surface area (Å²) in [7, 11) is 0. The molecule has 0 atom stereocenters. The van der Waals surface area contributed by atoms with Gasteiger partial charge in [0.25, 0.3) is 5.91 Å². The summed E-state index contributed by atoms with van der Waals surface area (Å²) in [5, 5.41) is 0. The highest BCUT2D eigenvalue weighted by Crippen LogP contribution is 2.19. The molecule has 2 rings (SSSR count). The first kappa shape index (κ1) is 13.8. The number of benzene rings is 1. The first-order valence-corrected chi connectivity index (χ1v) is 6.84. The third-order valence-corrected chi connectivity index (χ3v) is 3.51. The van der Waals surface area contributed by atoms with E-state index >= 15 is 0 Å². The Labute approximate surface area is 114 Å². The topological polar surface area (TPSA) is 29.5 Å². The first-order valence-electron chi connectivity index (χ1n) is 6.84. The minimum atomic E-state index is 0.144. The first-order chi connectivity index (χ1) is 9.31. The van der Waals surface area contributed by atoms with Crippen LogP contribution in [0.3, 0.4) is 0 Å². The molecule has 0 aliphatic carbocycles. The summed E-state index contributed by atoms with van der Waals surface area (Å²) in [6, 6.07) is 9.50. The number of amides is 1. The number of rotatable bonds is 5. The molecule has 3 heteroatoms. The summed E-state index contributed by atoms with van der Waals surface area (Å²) in [6.45, 7) is 6.68. The van der Waals surface area contributed by atoms with Gasteiger partial charge in [-0.05, 0) is 30.9 Å². The lowest BCUT2D eigenvalue weighted by molar-refractivity contribution is 0.0575. The third-order valence-electron chi connectivity index (χ3n) is 3.51. The van der Waals surface area contributed by atoms with Crippen molar-refractivity contribution in [2.45, 2.75) is 12.8 Å². The van der Waals surface area contributed by atoms with Gasteiger partial charge in [0.2, 0.25) is 0 Å². The van der Waals surface area contributed by atoms with Crippen molar-refractivity contribution in [3.63, 3.8) is 0 Å². The van der Waals surface area contributed by atoms with Crippen LogP contribution in [0, 0.1) is 5.92 Å². The summed E-state index contributed by atoms with van der Waals surface area (Å²) in [6.07, 6.45) is 3.82. The second kappa shape index (κ2) is 7.10. The van der Waals surface area contributed by atoms with E-state index in [-0.39, 0.29) is 5.91 Å². The molecule has 0 spiro atoms. The fourth-order valence-electron chi connectivity index (χ4n) is 2.38. The Balaban J connectivity index is 1.80. The van der Waals surface area contributed by atoms with Gasteiger partial charge in [0.05, 0.1) is 6.61 Å². The second-order valence-electron chi connectivity index (χ2n) is 4.93. The largest absolute Gasteiger partial charge is 0.377 e. The van der Waals surface area contributed by atoms with Gasteiger partial charge in [0, 0.05) is 25.3 Å². The van der Waals surface area contributed by atoms with E-state index in [4.69, 9.17) is 4.74 Å². The van der Waals surface area contributed by atoms with Crippen LogP contribution in [0.1, 0.15) is 23.2 Å². The molecule has 1 aliphatic heterocycles. The molecule has 1 fully saturated rings. The number of carbonyl (C=O) groups is 1. The van der Waals surface area contributed by atoms with Crippen molar-refractivity contribution in [2.75, 3.05) is 26.3 Å². The van der Waals surface area contributed by atoms with Crippen LogP contribution in [0.25, 0.3) is 0 Å². The van der Waals surface area contributed by atoms with Gasteiger partial charge in [-0.2, -0.15) is 0 Å². The highest BCUT2D eigenvalue weighted by atomic mass is 16.5. The summed E-state index contributed by atoms with van der Waals surface area (Å²) >= 11 is 0. The number of nitrogens with zero attached hydrogens (tertiary/aromatic N) is 1. The van der Waals surface area contributed by atoms with Gasteiger partial charge >= 0.3 is 0 Å². The molecule has 102 valence electrons. The van der Waals surface area contributed by atoms with Crippen molar-refractivity contribution in [1.82, 2.24) is 4.90 Å². The third kappa shape index (κ3) is 3.93. The molecule has 1 heterocycles. The van der Waals surface area contributed by atoms with Gasteiger partial charge in [0.15, 0.2) is 0 Å². The Hall–Kier alpha value is -1.61. The van der Waals surface area contributed by atoms with E-state index in [0.29, 0.717) is 12.5 Å². The van der Waals surface area contributed by atoms with Gasteiger partial charge in [-0.15, -0.1) is 6.58 Å². The standard InChI is InChI=1S/C16H21NO2/c1-2-12-19-13-14-8-10-17(11-9-14)16(18)15-6-4-3-5-7-15/h2-7,14H,1,8-13H2. The van der Waals surface area contributed by atoms with Crippen LogP contribution in [0.2, 0.25) is 0 Å². The zero-order chi connectivity index (χ0) is 13.5. The molecular weight excluding hydrogens is 238 g/mol. The Morgan fingerprint density at radius 3 is 2.63 bits per heavy atom. The molecular formula is C16H21NO2. The van der Waals surface area contributed by atoms with E-state index < -0.39 is 0 Å². The summed E-state index contributed by atoms with van der Waals surface area (Å²) in [5.74, 6) is 0.714. The van der Waals surface area contributed by atoms with E-state index in [1.54, 1.807) is 6.08 Å². The molecule has 1 amide bonds. The second-order valence-corrected chi connectivity index (χ2v) is 4.93. The molecule has 1 aliphatic rings. The van der Waals surface area contributed by atoms with Crippen LogP contribution in [0.4, 0.5) is 0 Å². The summed E-state index contributed by atoms with van der Waals surface area (Å²) in [5.41, 5.74) is 0.781. The van der Waals surface area contributed by atoms with Gasteiger partial charge < -0.3 is 9.64 Å². The minimum absolute atomic E-state index is 0.144. The molecule has 1 aromatic carbocycles. The molecule has 0 aromatic heterocycles. The molecule has 0 N–H and O–H groups in total. The Bertz CT molecular complexity index is 408. The van der Waals surface area contributed by atoms with Crippen LogP contribution >= 0.6 is 0 Å². The highest BCUT2D eigenvalue weighted by Gasteiger charge is 2.23. The van der Waals surface area contributed by atoms with Gasteiger partial charge in [0.1, 0.15) is 0 Å². The van der Waals surface area contributed by atoms with Gasteiger partial charge in [-0.25, -0.2) is 0 Å². The number of hydrogen-bond acceptors (Lipinski definition) is 2. The lowest BCUT2D eigenvalue weighted by Gasteiger charge is -2.31. The van der Waals surface area contributed by atoms with Crippen molar-refractivity contribution in [1.29, 1.82) is 0 Å². The monoisotopic (exact) mass is 259 g/mol. The highest BCUT2D eigenvalue weighted by molar-refractivity contribution is 5.94. The number of ether oxygens (including phenoxy) is 1. The maximum absolute atomic E-state index is 12.2. The average Bonchev–Trinajstić information content (AvgIpc) is 2.48. The molecule has 3 nitrogen and oxygen atoms in total. The fraction of sp³-hybridized carbons (Fsp3) is 0.438. The van der Waals surface area contributed by atoms with Crippen molar-refractivity contribution in [2.24, 2.45) is 5.92 Å². The summed E-state index contributed by atoms with van der Waals surface area (Å²) < 4.78 is 5.48. The van der Waals surface area contributed by atoms with E-state index in [2.05, 4.69) is 6.58 Å². The predicted molar refractivity (Wildman–Crippen MR) is 76.1 cm³/mol. The van der Waals surface area contributed by atoms with Gasteiger partial charge in [-0.3, -0.25) is 4.79 Å². The van der Waals surface area contributed by atoms with Crippen molar-refractivity contribution in [3.05, 3.63) is 48.6 Å². The normalized spacial score (nSPS) is 16.3. The zero-order valence-electron chi connectivity index (χ0n) is 11.3. The molecule has 0 saturated carbocycles. The van der Waals surface area contributed by atoms with E-state index in [9.17, 15) is 4.79 Å². The lowest BCUT2D eigenvalue weighted by atomic mass is 9.97.